The predicted octanol–water partition coefficient (Wildman–Crippen LogP) is 3.77. The number of anilines is 1. The first-order valence-corrected chi connectivity index (χ1v) is 10.3. The number of hydrogen-bond donors (Lipinski definition) is 2. The van der Waals surface area contributed by atoms with E-state index in [1.807, 2.05) is 60.7 Å². The van der Waals surface area contributed by atoms with Crippen molar-refractivity contribution in [3.8, 4) is 11.5 Å². The average Bonchev–Trinajstić information content (AvgIpc) is 3.15. The van der Waals surface area contributed by atoms with Crippen LogP contribution in [0.4, 0.5) is 5.69 Å². The van der Waals surface area contributed by atoms with Gasteiger partial charge in [0.2, 0.25) is 5.91 Å². The molecule has 1 unspecified atom stereocenters. The minimum Gasteiger partial charge on any atom is -0.457 e. The fourth-order valence-electron chi connectivity index (χ4n) is 4.40. The van der Waals surface area contributed by atoms with E-state index >= 15 is 0 Å². The van der Waals surface area contributed by atoms with Crippen LogP contribution in [0.5, 0.6) is 11.5 Å². The smallest absolute Gasteiger partial charge is 0.232 e. The summed E-state index contributed by atoms with van der Waals surface area (Å²) in [5.74, 6) is 0.782. The molecule has 30 heavy (non-hydrogen) atoms. The molecule has 0 aliphatic carbocycles. The Hall–Kier alpha value is -3.31. The van der Waals surface area contributed by atoms with Gasteiger partial charge in [-0.3, -0.25) is 4.79 Å². The molecule has 5 heteroatoms. The van der Waals surface area contributed by atoms with Crippen LogP contribution in [0.3, 0.4) is 0 Å². The Balaban J connectivity index is 1.35. The molecular weight excluding hydrogens is 376 g/mol. The number of nitrogens with one attached hydrogen (secondary N) is 1. The number of benzene rings is 3. The van der Waals surface area contributed by atoms with Crippen molar-refractivity contribution in [3.63, 3.8) is 0 Å². The van der Waals surface area contributed by atoms with Crippen molar-refractivity contribution in [2.75, 3.05) is 25.0 Å². The van der Waals surface area contributed by atoms with Gasteiger partial charge >= 0.3 is 0 Å². The number of rotatable bonds is 4. The van der Waals surface area contributed by atoms with Crippen molar-refractivity contribution < 1.29 is 14.6 Å². The van der Waals surface area contributed by atoms with Crippen LogP contribution in [0.1, 0.15) is 34.3 Å². The van der Waals surface area contributed by atoms with Gasteiger partial charge in [0.15, 0.2) is 0 Å². The lowest BCUT2D eigenvalue weighted by Crippen LogP contribution is -2.34. The average molecular weight is 400 g/mol. The van der Waals surface area contributed by atoms with E-state index in [1.165, 1.54) is 11.3 Å². The molecule has 152 valence electrons. The van der Waals surface area contributed by atoms with E-state index < -0.39 is 12.0 Å². The number of fused-ring (bicyclic) bond motifs is 3. The van der Waals surface area contributed by atoms with Gasteiger partial charge in [-0.2, -0.15) is 0 Å². The molecule has 0 bridgehead atoms. The number of nitrogens with zero attached hydrogens (tertiary/aromatic N) is 1. The summed E-state index contributed by atoms with van der Waals surface area (Å²) < 4.78 is 5.97. The maximum absolute atomic E-state index is 13.2. The summed E-state index contributed by atoms with van der Waals surface area (Å²) in [6, 6.07) is 21.3. The third-order valence-corrected chi connectivity index (χ3v) is 6.03. The van der Waals surface area contributed by atoms with Crippen LogP contribution in [-0.2, 0) is 11.2 Å². The van der Waals surface area contributed by atoms with E-state index in [9.17, 15) is 9.90 Å². The van der Waals surface area contributed by atoms with Crippen LogP contribution in [0.2, 0.25) is 0 Å². The lowest BCUT2D eigenvalue weighted by atomic mass is 9.87. The van der Waals surface area contributed by atoms with Crippen molar-refractivity contribution in [3.05, 3.63) is 89.0 Å². The highest BCUT2D eigenvalue weighted by Crippen LogP contribution is 2.43. The number of aliphatic hydroxyl groups is 1. The number of amides is 1. The first-order valence-electron chi connectivity index (χ1n) is 10.3. The third kappa shape index (κ3) is 3.21. The van der Waals surface area contributed by atoms with Gasteiger partial charge in [0.05, 0.1) is 12.0 Å². The Bertz CT molecular complexity index is 1070. The number of likely N-dealkylation sites (N-methyl/N-ethyl adjacent to an activating group) is 1. The van der Waals surface area contributed by atoms with Gasteiger partial charge in [0, 0.05) is 37.0 Å². The molecule has 2 N–H and O–H groups in total. The van der Waals surface area contributed by atoms with E-state index in [1.54, 1.807) is 0 Å². The number of carbonyl (C=O) groups excluding carboxylic acids is 1. The predicted molar refractivity (Wildman–Crippen MR) is 116 cm³/mol. The Kier molecular flexibility index (Phi) is 4.68. The fraction of sp³-hybridized carbons (Fsp3) is 0.240. The quantitative estimate of drug-likeness (QED) is 0.700. The molecule has 1 amide bonds. The Morgan fingerprint density at radius 3 is 2.47 bits per heavy atom. The van der Waals surface area contributed by atoms with Gasteiger partial charge in [-0.15, -0.1) is 0 Å². The molecule has 0 saturated heterocycles. The summed E-state index contributed by atoms with van der Waals surface area (Å²) in [5.41, 5.74) is 4.96. The number of hydrogen-bond acceptors (Lipinski definition) is 4. The molecule has 5 rings (SSSR count). The number of para-hydroxylation sites is 2. The van der Waals surface area contributed by atoms with Gasteiger partial charge in [-0.1, -0.05) is 48.5 Å². The Morgan fingerprint density at radius 2 is 1.77 bits per heavy atom. The second kappa shape index (κ2) is 7.50. The van der Waals surface area contributed by atoms with E-state index in [2.05, 4.69) is 23.3 Å². The van der Waals surface area contributed by atoms with Gasteiger partial charge in [-0.25, -0.2) is 0 Å². The van der Waals surface area contributed by atoms with Crippen molar-refractivity contribution in [2.45, 2.75) is 18.4 Å². The largest absolute Gasteiger partial charge is 0.457 e. The van der Waals surface area contributed by atoms with Gasteiger partial charge in [0.25, 0.3) is 0 Å². The molecule has 0 aromatic heterocycles. The second-order valence-electron chi connectivity index (χ2n) is 7.93. The number of ether oxygens (including phenoxy) is 1. The van der Waals surface area contributed by atoms with Crippen LogP contribution >= 0.6 is 0 Å². The fourth-order valence-corrected chi connectivity index (χ4v) is 4.40. The van der Waals surface area contributed by atoms with Crippen molar-refractivity contribution >= 4 is 11.6 Å². The van der Waals surface area contributed by atoms with Gasteiger partial charge in [0.1, 0.15) is 11.5 Å². The first kappa shape index (κ1) is 18.7. The summed E-state index contributed by atoms with van der Waals surface area (Å²) in [6.45, 7) is 1.16. The van der Waals surface area contributed by atoms with Crippen LogP contribution in [0.15, 0.2) is 66.7 Å². The topological polar surface area (TPSA) is 61.8 Å². The molecule has 2 aliphatic heterocycles. The van der Waals surface area contributed by atoms with Crippen molar-refractivity contribution in [1.29, 1.82) is 0 Å². The molecule has 0 saturated carbocycles. The lowest BCUT2D eigenvalue weighted by Gasteiger charge is -2.27. The summed E-state index contributed by atoms with van der Waals surface area (Å²) >= 11 is 0. The highest BCUT2D eigenvalue weighted by Gasteiger charge is 2.32. The molecule has 2 aliphatic rings. The van der Waals surface area contributed by atoms with E-state index in [4.69, 9.17) is 4.74 Å². The monoisotopic (exact) mass is 400 g/mol. The SMILES string of the molecule is CN1CCc2cc(C(O)CNC(=O)C3c4ccccc4Oc4ccccc43)ccc21. The zero-order valence-electron chi connectivity index (χ0n) is 16.8. The molecular formula is C25H24N2O3. The Labute approximate surface area is 175 Å². The van der Waals surface area contributed by atoms with E-state index in [0.717, 1.165) is 29.7 Å². The Morgan fingerprint density at radius 1 is 1.10 bits per heavy atom. The summed E-state index contributed by atoms with van der Waals surface area (Å²) in [7, 11) is 2.08. The van der Waals surface area contributed by atoms with Gasteiger partial charge in [-0.05, 0) is 35.7 Å². The normalized spacial score (nSPS) is 15.6. The molecule has 0 fully saturated rings. The van der Waals surface area contributed by atoms with Crippen molar-refractivity contribution in [2.24, 2.45) is 0 Å². The summed E-state index contributed by atoms with van der Waals surface area (Å²) in [4.78, 5) is 15.4. The van der Waals surface area contributed by atoms with Crippen LogP contribution in [-0.4, -0.2) is 31.2 Å². The zero-order chi connectivity index (χ0) is 20.7. The first-order chi connectivity index (χ1) is 14.6. The highest BCUT2D eigenvalue weighted by molar-refractivity contribution is 5.89. The van der Waals surface area contributed by atoms with Crippen LogP contribution < -0.4 is 15.0 Å². The van der Waals surface area contributed by atoms with Crippen LogP contribution in [0.25, 0.3) is 0 Å². The number of aliphatic hydroxyl groups excluding tert-OH is 1. The maximum Gasteiger partial charge on any atom is 0.232 e. The zero-order valence-corrected chi connectivity index (χ0v) is 16.8. The van der Waals surface area contributed by atoms with Crippen LogP contribution in [0, 0.1) is 0 Å². The second-order valence-corrected chi connectivity index (χ2v) is 7.93. The molecule has 3 aromatic rings. The number of carbonyl (C=O) groups is 1. The molecule has 0 radical (unpaired) electrons. The van der Waals surface area contributed by atoms with Gasteiger partial charge < -0.3 is 20.1 Å². The minimum atomic E-state index is -0.754. The summed E-state index contributed by atoms with van der Waals surface area (Å²) in [6.07, 6.45) is 0.226. The molecule has 1 atom stereocenters. The molecule has 0 spiro atoms. The highest BCUT2D eigenvalue weighted by atomic mass is 16.5. The van der Waals surface area contributed by atoms with E-state index in [-0.39, 0.29) is 12.5 Å². The van der Waals surface area contributed by atoms with E-state index in [0.29, 0.717) is 11.5 Å². The maximum atomic E-state index is 13.2. The molecule has 3 aromatic carbocycles. The minimum absolute atomic E-state index is 0.141. The standard InChI is InChI=1S/C25H24N2O3/c1-27-13-12-16-14-17(10-11-20(16)27)21(28)15-26-25(29)24-18-6-2-4-8-22(18)30-23-9-5-3-7-19(23)24/h2-11,14,21,24,28H,12-13,15H2,1H3,(H,26,29). The lowest BCUT2D eigenvalue weighted by molar-refractivity contribution is -0.122. The molecule has 5 nitrogen and oxygen atoms in total. The third-order valence-electron chi connectivity index (χ3n) is 6.03. The van der Waals surface area contributed by atoms with Crippen molar-refractivity contribution in [1.82, 2.24) is 5.32 Å². The molecule has 2 heterocycles. The summed E-state index contributed by atoms with van der Waals surface area (Å²) in [5, 5.41) is 13.7.